The Morgan fingerprint density at radius 3 is 2.71 bits per heavy atom. The molecule has 1 saturated carbocycles. The summed E-state index contributed by atoms with van der Waals surface area (Å²) in [6, 6.07) is 1.20. The van der Waals surface area contributed by atoms with Crippen LogP contribution in [0.2, 0.25) is 0 Å². The first-order valence-electron chi connectivity index (χ1n) is 8.48. The van der Waals surface area contributed by atoms with Crippen LogP contribution in [0.1, 0.15) is 32.6 Å². The molecule has 3 fully saturated rings. The van der Waals surface area contributed by atoms with Crippen molar-refractivity contribution in [2.75, 3.05) is 46.1 Å². The zero-order valence-electron chi connectivity index (χ0n) is 13.2. The monoisotopic (exact) mass is 298 g/mol. The molecule has 0 bridgehead atoms. The maximum Gasteiger partial charge on any atom is 0.0933 e. The molecule has 2 saturated heterocycles. The first-order chi connectivity index (χ1) is 10.2. The Hall–Kier alpha value is -0.200. The van der Waals surface area contributed by atoms with Gasteiger partial charge in [-0.05, 0) is 38.0 Å². The third-order valence-corrected chi connectivity index (χ3v) is 5.27. The Morgan fingerprint density at radius 1 is 1.29 bits per heavy atom. The summed E-state index contributed by atoms with van der Waals surface area (Å²) in [5.74, 6) is 0. The minimum Gasteiger partial charge on any atom is -0.394 e. The van der Waals surface area contributed by atoms with Crippen molar-refractivity contribution < 1.29 is 14.6 Å². The summed E-state index contributed by atoms with van der Waals surface area (Å²) >= 11 is 0. The largest absolute Gasteiger partial charge is 0.394 e. The van der Waals surface area contributed by atoms with Crippen molar-refractivity contribution in [1.29, 1.82) is 0 Å². The van der Waals surface area contributed by atoms with E-state index in [9.17, 15) is 5.11 Å². The summed E-state index contributed by atoms with van der Waals surface area (Å²) in [5.41, 5.74) is 0.326. The van der Waals surface area contributed by atoms with Crippen molar-refractivity contribution >= 4 is 0 Å². The van der Waals surface area contributed by atoms with Gasteiger partial charge in [-0.15, -0.1) is 0 Å². The Balaban J connectivity index is 1.61. The van der Waals surface area contributed by atoms with E-state index in [1.807, 2.05) is 0 Å². The van der Waals surface area contributed by atoms with Gasteiger partial charge in [0.1, 0.15) is 0 Å². The molecule has 3 aliphatic rings. The Morgan fingerprint density at radius 2 is 2.05 bits per heavy atom. The van der Waals surface area contributed by atoms with Crippen LogP contribution < -0.4 is 5.32 Å². The van der Waals surface area contributed by atoms with Crippen molar-refractivity contribution in [3.8, 4) is 0 Å². The van der Waals surface area contributed by atoms with Crippen LogP contribution >= 0.6 is 0 Å². The molecule has 0 amide bonds. The van der Waals surface area contributed by atoms with Crippen LogP contribution in [0.5, 0.6) is 0 Å². The molecule has 21 heavy (non-hydrogen) atoms. The van der Waals surface area contributed by atoms with Gasteiger partial charge in [-0.2, -0.15) is 0 Å². The minimum absolute atomic E-state index is 0.0190. The fourth-order valence-electron chi connectivity index (χ4n) is 3.48. The van der Waals surface area contributed by atoms with Crippen LogP contribution in [0.15, 0.2) is 0 Å². The molecule has 2 N–H and O–H groups in total. The van der Waals surface area contributed by atoms with Gasteiger partial charge in [-0.3, -0.25) is 4.90 Å². The maximum absolute atomic E-state index is 9.37. The predicted molar refractivity (Wildman–Crippen MR) is 81.4 cm³/mol. The molecule has 5 nitrogen and oxygen atoms in total. The van der Waals surface area contributed by atoms with Gasteiger partial charge in [-0.25, -0.2) is 0 Å². The Kier molecular flexibility index (Phi) is 5.17. The van der Waals surface area contributed by atoms with Gasteiger partial charge in [0, 0.05) is 44.9 Å². The maximum atomic E-state index is 9.37. The number of morpholine rings is 1. The average Bonchev–Trinajstić information content (AvgIpc) is 3.33. The summed E-state index contributed by atoms with van der Waals surface area (Å²) in [5, 5.41) is 13.1. The molecule has 1 aliphatic carbocycles. The van der Waals surface area contributed by atoms with Crippen molar-refractivity contribution in [2.24, 2.45) is 5.41 Å². The molecule has 2 unspecified atom stereocenters. The smallest absolute Gasteiger partial charge is 0.0933 e. The van der Waals surface area contributed by atoms with E-state index in [0.717, 1.165) is 58.3 Å². The van der Waals surface area contributed by atoms with E-state index in [0.29, 0.717) is 11.5 Å². The molecule has 0 aromatic rings. The number of nitrogens with zero attached hydrogens (tertiary/aromatic N) is 1. The lowest BCUT2D eigenvalue weighted by molar-refractivity contribution is -0.0975. The lowest BCUT2D eigenvalue weighted by Crippen LogP contribution is -2.55. The number of rotatable bonds is 6. The number of hydrogen-bond donors (Lipinski definition) is 2. The standard InChI is InChI=1S/C16H30N2O3/c1-13-10-21-15(9-19)8-18(13)12-16(4-6-20-7-5-16)11-17-14-2-3-14/h13-15,17,19H,2-12H2,1H3. The van der Waals surface area contributed by atoms with Crippen LogP contribution in [-0.4, -0.2) is 74.3 Å². The van der Waals surface area contributed by atoms with Gasteiger partial charge in [0.05, 0.1) is 19.3 Å². The molecule has 0 aromatic carbocycles. The number of nitrogens with one attached hydrogen (secondary N) is 1. The number of aliphatic hydroxyl groups excluding tert-OH is 1. The van der Waals surface area contributed by atoms with E-state index in [4.69, 9.17) is 9.47 Å². The summed E-state index contributed by atoms with van der Waals surface area (Å²) in [4.78, 5) is 2.52. The molecule has 5 heteroatoms. The zero-order valence-corrected chi connectivity index (χ0v) is 13.2. The van der Waals surface area contributed by atoms with Gasteiger partial charge in [0.15, 0.2) is 0 Å². The number of ether oxygens (including phenoxy) is 2. The molecule has 2 heterocycles. The summed E-state index contributed by atoms with van der Waals surface area (Å²) < 4.78 is 11.3. The molecule has 0 spiro atoms. The van der Waals surface area contributed by atoms with Crippen molar-refractivity contribution in [3.63, 3.8) is 0 Å². The highest BCUT2D eigenvalue weighted by Crippen LogP contribution is 2.33. The lowest BCUT2D eigenvalue weighted by atomic mass is 9.79. The molecule has 3 rings (SSSR count). The molecule has 122 valence electrons. The van der Waals surface area contributed by atoms with Crippen LogP contribution in [0.25, 0.3) is 0 Å². The van der Waals surface area contributed by atoms with Gasteiger partial charge < -0.3 is 19.9 Å². The molecule has 2 atom stereocenters. The van der Waals surface area contributed by atoms with Gasteiger partial charge >= 0.3 is 0 Å². The third-order valence-electron chi connectivity index (χ3n) is 5.27. The van der Waals surface area contributed by atoms with Crippen LogP contribution in [0, 0.1) is 5.41 Å². The molecular formula is C16H30N2O3. The second-order valence-electron chi connectivity index (χ2n) is 7.18. The van der Waals surface area contributed by atoms with Crippen molar-refractivity contribution in [2.45, 2.75) is 50.8 Å². The highest BCUT2D eigenvalue weighted by molar-refractivity contribution is 4.93. The van der Waals surface area contributed by atoms with E-state index in [1.165, 1.54) is 12.8 Å². The summed E-state index contributed by atoms with van der Waals surface area (Å²) in [6.07, 6.45) is 4.94. The van der Waals surface area contributed by atoms with E-state index in [-0.39, 0.29) is 12.7 Å². The molecule has 0 radical (unpaired) electrons. The van der Waals surface area contributed by atoms with Crippen molar-refractivity contribution in [1.82, 2.24) is 10.2 Å². The van der Waals surface area contributed by atoms with E-state index < -0.39 is 0 Å². The number of hydrogen-bond acceptors (Lipinski definition) is 5. The highest BCUT2D eigenvalue weighted by Gasteiger charge is 2.38. The van der Waals surface area contributed by atoms with Crippen LogP contribution in [-0.2, 0) is 9.47 Å². The third kappa shape index (κ3) is 4.17. The van der Waals surface area contributed by atoms with Crippen molar-refractivity contribution in [3.05, 3.63) is 0 Å². The summed E-state index contributed by atoms with van der Waals surface area (Å²) in [6.45, 7) is 7.90. The number of aliphatic hydroxyl groups is 1. The van der Waals surface area contributed by atoms with E-state index >= 15 is 0 Å². The van der Waals surface area contributed by atoms with Crippen LogP contribution in [0.3, 0.4) is 0 Å². The molecule has 2 aliphatic heterocycles. The minimum atomic E-state index is -0.0190. The lowest BCUT2D eigenvalue weighted by Gasteiger charge is -2.46. The van der Waals surface area contributed by atoms with Gasteiger partial charge in [0.2, 0.25) is 0 Å². The second-order valence-corrected chi connectivity index (χ2v) is 7.18. The Labute approximate surface area is 128 Å². The average molecular weight is 298 g/mol. The second kappa shape index (κ2) is 6.92. The van der Waals surface area contributed by atoms with E-state index in [2.05, 4.69) is 17.1 Å². The fourth-order valence-corrected chi connectivity index (χ4v) is 3.48. The highest BCUT2D eigenvalue weighted by atomic mass is 16.5. The summed E-state index contributed by atoms with van der Waals surface area (Å²) in [7, 11) is 0. The SMILES string of the molecule is CC1COC(CO)CN1CC1(CNC2CC2)CCOCC1. The Bertz CT molecular complexity index is 329. The fraction of sp³-hybridized carbons (Fsp3) is 1.00. The first kappa shape index (κ1) is 15.7. The van der Waals surface area contributed by atoms with Crippen LogP contribution in [0.4, 0.5) is 0 Å². The molecular weight excluding hydrogens is 268 g/mol. The van der Waals surface area contributed by atoms with Gasteiger partial charge in [-0.1, -0.05) is 0 Å². The predicted octanol–water partition coefficient (Wildman–Crippen LogP) is 0.617. The normalized spacial score (nSPS) is 34.0. The topological polar surface area (TPSA) is 54.0 Å². The molecule has 0 aromatic heterocycles. The quantitative estimate of drug-likeness (QED) is 0.753. The van der Waals surface area contributed by atoms with Gasteiger partial charge in [0.25, 0.3) is 0 Å². The zero-order chi connectivity index (χ0) is 14.7. The first-order valence-corrected chi connectivity index (χ1v) is 8.48. The van der Waals surface area contributed by atoms with E-state index in [1.54, 1.807) is 0 Å².